The minimum Gasteiger partial charge on any atom is -0.480 e. The summed E-state index contributed by atoms with van der Waals surface area (Å²) in [7, 11) is 0. The van der Waals surface area contributed by atoms with Gasteiger partial charge in [0.1, 0.15) is 17.7 Å². The lowest BCUT2D eigenvalue weighted by molar-refractivity contribution is -0.149. The van der Waals surface area contributed by atoms with Crippen molar-refractivity contribution in [2.24, 2.45) is 0 Å². The van der Waals surface area contributed by atoms with Gasteiger partial charge >= 0.3 is 12.1 Å². The third-order valence-corrected chi connectivity index (χ3v) is 3.22. The number of aliphatic carboxylic acids is 1. The first-order chi connectivity index (χ1) is 9.65. The summed E-state index contributed by atoms with van der Waals surface area (Å²) in [5, 5.41) is 11.6. The molecule has 21 heavy (non-hydrogen) atoms. The lowest BCUT2D eigenvalue weighted by Gasteiger charge is -2.27. The summed E-state index contributed by atoms with van der Waals surface area (Å²) < 4.78 is 5.12. The fraction of sp³-hybridized carbons (Fsp3) is 0.786. The molecular formula is C14H24N2O5. The molecule has 7 heteroatoms. The Morgan fingerprint density at radius 1 is 1.38 bits per heavy atom. The quantitative estimate of drug-likeness (QED) is 0.817. The Morgan fingerprint density at radius 2 is 2.00 bits per heavy atom. The van der Waals surface area contributed by atoms with Crippen LogP contribution in [0.15, 0.2) is 0 Å². The van der Waals surface area contributed by atoms with E-state index in [1.165, 1.54) is 4.90 Å². The van der Waals surface area contributed by atoms with Crippen LogP contribution in [0.3, 0.4) is 0 Å². The molecule has 2 amide bonds. The van der Waals surface area contributed by atoms with Crippen LogP contribution in [0.1, 0.15) is 47.0 Å². The van der Waals surface area contributed by atoms with Gasteiger partial charge in [0.2, 0.25) is 5.91 Å². The third-order valence-electron chi connectivity index (χ3n) is 3.22. The normalized spacial score (nSPS) is 20.0. The molecule has 0 aromatic rings. The summed E-state index contributed by atoms with van der Waals surface area (Å²) >= 11 is 0. The van der Waals surface area contributed by atoms with Crippen LogP contribution in [0.25, 0.3) is 0 Å². The van der Waals surface area contributed by atoms with Crippen molar-refractivity contribution >= 4 is 18.0 Å². The van der Waals surface area contributed by atoms with Crippen LogP contribution >= 0.6 is 0 Å². The van der Waals surface area contributed by atoms with Gasteiger partial charge in [0.25, 0.3) is 0 Å². The van der Waals surface area contributed by atoms with Crippen LogP contribution in [0.4, 0.5) is 4.79 Å². The van der Waals surface area contributed by atoms with E-state index in [4.69, 9.17) is 9.84 Å². The Kier molecular flexibility index (Phi) is 5.57. The fourth-order valence-corrected chi connectivity index (χ4v) is 2.28. The largest absolute Gasteiger partial charge is 0.480 e. The zero-order valence-corrected chi connectivity index (χ0v) is 13.0. The maximum absolute atomic E-state index is 12.4. The minimum atomic E-state index is -1.01. The van der Waals surface area contributed by atoms with Crippen LogP contribution in [0, 0.1) is 0 Å². The predicted octanol–water partition coefficient (Wildman–Crippen LogP) is 1.37. The van der Waals surface area contributed by atoms with Crippen molar-refractivity contribution in [3.8, 4) is 0 Å². The van der Waals surface area contributed by atoms with Crippen LogP contribution in [0.2, 0.25) is 0 Å². The number of carbonyl (C=O) groups is 3. The summed E-state index contributed by atoms with van der Waals surface area (Å²) in [5.41, 5.74) is -0.650. The number of amides is 2. The smallest absolute Gasteiger partial charge is 0.408 e. The van der Waals surface area contributed by atoms with Gasteiger partial charge in [-0.05, 0) is 40.0 Å². The summed E-state index contributed by atoms with van der Waals surface area (Å²) in [6.07, 6.45) is 0.810. The van der Waals surface area contributed by atoms with E-state index in [9.17, 15) is 14.4 Å². The van der Waals surface area contributed by atoms with Gasteiger partial charge in [0.15, 0.2) is 0 Å². The highest BCUT2D eigenvalue weighted by molar-refractivity contribution is 5.89. The maximum Gasteiger partial charge on any atom is 0.408 e. The van der Waals surface area contributed by atoms with Crippen molar-refractivity contribution in [3.05, 3.63) is 0 Å². The molecule has 0 saturated carbocycles. The standard InChI is InChI=1S/C14H24N2O5/c1-5-9(15-13(20)21-14(2,3)4)11(17)16-8-6-7-10(16)12(18)19/h9-10H,5-8H2,1-4H3,(H,15,20)(H,18,19)/t9-,10-/m0/s1. The van der Waals surface area contributed by atoms with Crippen LogP contribution in [-0.4, -0.2) is 52.2 Å². The first kappa shape index (κ1) is 17.3. The highest BCUT2D eigenvalue weighted by atomic mass is 16.6. The van der Waals surface area contributed by atoms with Crippen molar-refractivity contribution in [2.75, 3.05) is 6.54 Å². The zero-order chi connectivity index (χ0) is 16.2. The second kappa shape index (κ2) is 6.78. The number of ether oxygens (including phenoxy) is 1. The molecule has 1 saturated heterocycles. The average molecular weight is 300 g/mol. The molecular weight excluding hydrogens is 276 g/mol. The van der Waals surface area contributed by atoms with Crippen molar-refractivity contribution in [2.45, 2.75) is 64.6 Å². The summed E-state index contributed by atoms with van der Waals surface area (Å²) in [6, 6.07) is -1.56. The fourth-order valence-electron chi connectivity index (χ4n) is 2.28. The molecule has 1 aliphatic rings. The first-order valence-electron chi connectivity index (χ1n) is 7.18. The number of hydrogen-bond acceptors (Lipinski definition) is 4. The summed E-state index contributed by atoms with van der Waals surface area (Å²) in [5.74, 6) is -1.37. The Balaban J connectivity index is 2.69. The Hall–Kier alpha value is -1.79. The van der Waals surface area contributed by atoms with Gasteiger partial charge in [-0.2, -0.15) is 0 Å². The second-order valence-corrected chi connectivity index (χ2v) is 6.13. The Bertz CT molecular complexity index is 416. The topological polar surface area (TPSA) is 95.9 Å². The first-order valence-corrected chi connectivity index (χ1v) is 7.18. The van der Waals surface area contributed by atoms with Crippen molar-refractivity contribution in [3.63, 3.8) is 0 Å². The number of nitrogens with zero attached hydrogens (tertiary/aromatic N) is 1. The van der Waals surface area contributed by atoms with E-state index in [0.717, 1.165) is 0 Å². The van der Waals surface area contributed by atoms with Gasteiger partial charge in [-0.3, -0.25) is 4.79 Å². The van der Waals surface area contributed by atoms with E-state index in [1.807, 2.05) is 0 Å². The van der Waals surface area contributed by atoms with Gasteiger partial charge in [-0.1, -0.05) is 6.92 Å². The lowest BCUT2D eigenvalue weighted by Crippen LogP contribution is -2.52. The molecule has 0 radical (unpaired) electrons. The molecule has 1 rings (SSSR count). The van der Waals surface area contributed by atoms with Gasteiger partial charge < -0.3 is 20.1 Å². The number of carboxylic acid groups (broad SMARTS) is 1. The minimum absolute atomic E-state index is 0.367. The SMILES string of the molecule is CC[C@H](NC(=O)OC(C)(C)C)C(=O)N1CCC[C@H]1C(=O)O. The zero-order valence-electron chi connectivity index (χ0n) is 13.0. The highest BCUT2D eigenvalue weighted by Crippen LogP contribution is 2.19. The highest BCUT2D eigenvalue weighted by Gasteiger charge is 2.37. The van der Waals surface area contributed by atoms with E-state index < -0.39 is 29.7 Å². The molecule has 0 spiro atoms. The Labute approximate surface area is 124 Å². The number of alkyl carbamates (subject to hydrolysis) is 1. The molecule has 0 aliphatic carbocycles. The third kappa shape index (κ3) is 4.91. The molecule has 1 heterocycles. The average Bonchev–Trinajstić information content (AvgIpc) is 2.82. The Morgan fingerprint density at radius 3 is 2.48 bits per heavy atom. The monoisotopic (exact) mass is 300 g/mol. The van der Waals surface area contributed by atoms with Gasteiger partial charge in [-0.15, -0.1) is 0 Å². The van der Waals surface area contributed by atoms with E-state index in [-0.39, 0.29) is 5.91 Å². The van der Waals surface area contributed by atoms with E-state index >= 15 is 0 Å². The molecule has 1 fully saturated rings. The summed E-state index contributed by atoms with van der Waals surface area (Å²) in [4.78, 5) is 36.6. The second-order valence-electron chi connectivity index (χ2n) is 6.13. The van der Waals surface area contributed by atoms with Crippen molar-refractivity contribution < 1.29 is 24.2 Å². The molecule has 7 nitrogen and oxygen atoms in total. The molecule has 0 aromatic heterocycles. The molecule has 0 aromatic carbocycles. The van der Waals surface area contributed by atoms with Crippen LogP contribution in [0.5, 0.6) is 0 Å². The van der Waals surface area contributed by atoms with Crippen LogP contribution in [-0.2, 0) is 14.3 Å². The van der Waals surface area contributed by atoms with Crippen LogP contribution < -0.4 is 5.32 Å². The molecule has 2 N–H and O–H groups in total. The number of carboxylic acids is 1. The molecule has 1 aliphatic heterocycles. The van der Waals surface area contributed by atoms with Crippen molar-refractivity contribution in [1.29, 1.82) is 0 Å². The van der Waals surface area contributed by atoms with Gasteiger partial charge in [0.05, 0.1) is 0 Å². The maximum atomic E-state index is 12.4. The molecule has 120 valence electrons. The number of carbonyl (C=O) groups excluding carboxylic acids is 2. The molecule has 2 atom stereocenters. The van der Waals surface area contributed by atoms with Gasteiger partial charge in [0, 0.05) is 6.54 Å². The number of hydrogen-bond donors (Lipinski definition) is 2. The molecule has 0 unspecified atom stereocenters. The number of rotatable bonds is 4. The predicted molar refractivity (Wildman–Crippen MR) is 75.8 cm³/mol. The van der Waals surface area contributed by atoms with E-state index in [0.29, 0.717) is 25.8 Å². The lowest BCUT2D eigenvalue weighted by atomic mass is 10.1. The van der Waals surface area contributed by atoms with E-state index in [2.05, 4.69) is 5.32 Å². The van der Waals surface area contributed by atoms with Gasteiger partial charge in [-0.25, -0.2) is 9.59 Å². The van der Waals surface area contributed by atoms with E-state index in [1.54, 1.807) is 27.7 Å². The van der Waals surface area contributed by atoms with Crippen molar-refractivity contribution in [1.82, 2.24) is 10.2 Å². The molecule has 0 bridgehead atoms. The summed E-state index contributed by atoms with van der Waals surface area (Å²) in [6.45, 7) is 7.36. The number of likely N-dealkylation sites (tertiary alicyclic amines) is 1. The number of nitrogens with one attached hydrogen (secondary N) is 1.